The minimum atomic E-state index is -3.58. The van der Waals surface area contributed by atoms with E-state index in [1.807, 2.05) is 13.8 Å². The molecule has 1 aromatic rings. The minimum absolute atomic E-state index is 0.155. The van der Waals surface area contributed by atoms with Gasteiger partial charge in [-0.3, -0.25) is 4.79 Å². The highest BCUT2D eigenvalue weighted by Gasteiger charge is 2.31. The third-order valence-corrected chi connectivity index (χ3v) is 6.75. The molecule has 1 saturated heterocycles. The van der Waals surface area contributed by atoms with Gasteiger partial charge in [-0.25, -0.2) is 8.42 Å². The zero-order valence-electron chi connectivity index (χ0n) is 15.9. The van der Waals surface area contributed by atoms with Gasteiger partial charge in [0.1, 0.15) is 5.75 Å². The van der Waals surface area contributed by atoms with E-state index in [1.54, 1.807) is 18.2 Å². The summed E-state index contributed by atoms with van der Waals surface area (Å²) in [5, 5.41) is 0. The molecule has 1 amide bonds. The Balaban J connectivity index is 2.21. The molecule has 26 heavy (non-hydrogen) atoms. The summed E-state index contributed by atoms with van der Waals surface area (Å²) in [6.45, 7) is 7.42. The van der Waals surface area contributed by atoms with Crippen LogP contribution in [-0.4, -0.2) is 38.3 Å². The summed E-state index contributed by atoms with van der Waals surface area (Å²) in [5.41, 5.74) is 6.23. The molecular formula is C19H30N2O4S. The topological polar surface area (TPSA) is 89.7 Å². The number of rotatable bonds is 8. The molecule has 0 radical (unpaired) electrons. The van der Waals surface area contributed by atoms with Crippen LogP contribution < -0.4 is 10.5 Å². The molecular weight excluding hydrogens is 352 g/mol. The Morgan fingerprint density at radius 3 is 2.50 bits per heavy atom. The quantitative estimate of drug-likeness (QED) is 0.700. The van der Waals surface area contributed by atoms with E-state index in [4.69, 9.17) is 10.5 Å². The number of carbonyl (C=O) groups excluding carboxylic acids is 1. The second kappa shape index (κ2) is 8.86. The molecule has 0 unspecified atom stereocenters. The van der Waals surface area contributed by atoms with Gasteiger partial charge in [0.15, 0.2) is 0 Å². The molecule has 0 aliphatic carbocycles. The summed E-state index contributed by atoms with van der Waals surface area (Å²) in [6.07, 6.45) is 2.96. The normalized spacial score (nSPS) is 16.8. The Hall–Kier alpha value is -1.60. The maximum absolute atomic E-state index is 13.0. The van der Waals surface area contributed by atoms with Crippen molar-refractivity contribution in [2.75, 3.05) is 19.7 Å². The van der Waals surface area contributed by atoms with Crippen molar-refractivity contribution in [2.45, 2.75) is 57.3 Å². The minimum Gasteiger partial charge on any atom is -0.493 e. The third kappa shape index (κ3) is 4.76. The number of carbonyl (C=O) groups is 1. The first-order chi connectivity index (χ1) is 12.3. The van der Waals surface area contributed by atoms with E-state index in [1.165, 1.54) is 4.31 Å². The summed E-state index contributed by atoms with van der Waals surface area (Å²) in [6, 6.07) is 5.10. The second-order valence-electron chi connectivity index (χ2n) is 7.14. The van der Waals surface area contributed by atoms with E-state index in [9.17, 15) is 13.2 Å². The number of primary amides is 1. The van der Waals surface area contributed by atoms with Crippen molar-refractivity contribution in [1.29, 1.82) is 0 Å². The maximum Gasteiger partial charge on any atom is 0.243 e. The van der Waals surface area contributed by atoms with Crippen LogP contribution in [0.4, 0.5) is 0 Å². The third-order valence-electron chi connectivity index (χ3n) is 4.85. The van der Waals surface area contributed by atoms with Gasteiger partial charge in [0, 0.05) is 19.0 Å². The van der Waals surface area contributed by atoms with Gasteiger partial charge in [-0.15, -0.1) is 0 Å². The van der Waals surface area contributed by atoms with E-state index in [-0.39, 0.29) is 22.6 Å². The molecule has 7 heteroatoms. The van der Waals surface area contributed by atoms with Gasteiger partial charge in [0.05, 0.1) is 11.5 Å². The molecule has 1 heterocycles. The summed E-state index contributed by atoms with van der Waals surface area (Å²) in [4.78, 5) is 11.6. The first kappa shape index (κ1) is 20.7. The number of ether oxygens (including phenoxy) is 1. The number of hydrogen-bond donors (Lipinski definition) is 1. The molecule has 1 fully saturated rings. The van der Waals surface area contributed by atoms with Crippen molar-refractivity contribution in [1.82, 2.24) is 4.31 Å². The van der Waals surface area contributed by atoms with Gasteiger partial charge in [-0.2, -0.15) is 4.31 Å². The zero-order valence-corrected chi connectivity index (χ0v) is 16.7. The summed E-state index contributed by atoms with van der Waals surface area (Å²) in [7, 11) is -3.58. The highest BCUT2D eigenvalue weighted by Crippen LogP contribution is 2.31. The van der Waals surface area contributed by atoms with E-state index >= 15 is 0 Å². The lowest BCUT2D eigenvalue weighted by Gasteiger charge is -2.30. The molecule has 0 bridgehead atoms. The van der Waals surface area contributed by atoms with Crippen LogP contribution in [0.2, 0.25) is 0 Å². The fourth-order valence-electron chi connectivity index (χ4n) is 3.13. The van der Waals surface area contributed by atoms with Gasteiger partial charge in [0.2, 0.25) is 15.9 Å². The number of amides is 1. The van der Waals surface area contributed by atoms with Crippen molar-refractivity contribution in [3.8, 4) is 5.75 Å². The molecule has 0 aromatic heterocycles. The fourth-order valence-corrected chi connectivity index (χ4v) is 4.63. The molecule has 2 rings (SSSR count). The lowest BCUT2D eigenvalue weighted by molar-refractivity contribution is -0.122. The Bertz CT molecular complexity index is 723. The number of piperidine rings is 1. The summed E-state index contributed by atoms with van der Waals surface area (Å²) >= 11 is 0. The molecule has 2 N–H and O–H groups in total. The zero-order chi connectivity index (χ0) is 19.3. The first-order valence-electron chi connectivity index (χ1n) is 9.33. The van der Waals surface area contributed by atoms with Crippen molar-refractivity contribution in [2.24, 2.45) is 11.7 Å². The molecule has 6 nitrogen and oxygen atoms in total. The summed E-state index contributed by atoms with van der Waals surface area (Å²) < 4.78 is 33.2. The van der Waals surface area contributed by atoms with Gasteiger partial charge in [0.25, 0.3) is 0 Å². The highest BCUT2D eigenvalue weighted by molar-refractivity contribution is 7.89. The van der Waals surface area contributed by atoms with Crippen LogP contribution in [0.1, 0.15) is 57.9 Å². The van der Waals surface area contributed by atoms with Crippen LogP contribution in [0.25, 0.3) is 0 Å². The van der Waals surface area contributed by atoms with Gasteiger partial charge in [-0.05, 0) is 48.9 Å². The van der Waals surface area contributed by atoms with E-state index in [2.05, 4.69) is 6.92 Å². The predicted octanol–water partition coefficient (Wildman–Crippen LogP) is 2.87. The lowest BCUT2D eigenvalue weighted by atomic mass is 9.98. The van der Waals surface area contributed by atoms with Crippen LogP contribution in [0.3, 0.4) is 0 Å². The number of nitrogens with zero attached hydrogens (tertiary/aromatic N) is 1. The molecule has 1 aliphatic rings. The van der Waals surface area contributed by atoms with E-state index < -0.39 is 10.0 Å². The average molecular weight is 383 g/mol. The molecule has 1 aliphatic heterocycles. The van der Waals surface area contributed by atoms with Gasteiger partial charge >= 0.3 is 0 Å². The number of nitrogens with two attached hydrogens (primary N) is 1. The van der Waals surface area contributed by atoms with Crippen molar-refractivity contribution in [3.05, 3.63) is 23.8 Å². The molecule has 0 atom stereocenters. The van der Waals surface area contributed by atoms with E-state index in [0.717, 1.165) is 24.2 Å². The van der Waals surface area contributed by atoms with Crippen molar-refractivity contribution >= 4 is 15.9 Å². The predicted molar refractivity (Wildman–Crippen MR) is 102 cm³/mol. The number of hydrogen-bond acceptors (Lipinski definition) is 4. The van der Waals surface area contributed by atoms with Crippen LogP contribution in [0.5, 0.6) is 5.75 Å². The first-order valence-corrected chi connectivity index (χ1v) is 10.8. The Morgan fingerprint density at radius 2 is 1.96 bits per heavy atom. The van der Waals surface area contributed by atoms with Crippen molar-refractivity contribution in [3.63, 3.8) is 0 Å². The van der Waals surface area contributed by atoms with Crippen LogP contribution >= 0.6 is 0 Å². The maximum atomic E-state index is 13.0. The number of sulfonamides is 1. The van der Waals surface area contributed by atoms with Crippen LogP contribution in [0, 0.1) is 5.92 Å². The van der Waals surface area contributed by atoms with Crippen LogP contribution in [0.15, 0.2) is 23.1 Å². The molecule has 1 aromatic carbocycles. The highest BCUT2D eigenvalue weighted by atomic mass is 32.2. The molecule has 0 saturated carbocycles. The largest absolute Gasteiger partial charge is 0.493 e. The Labute approximate surface area is 156 Å². The van der Waals surface area contributed by atoms with Crippen molar-refractivity contribution < 1.29 is 17.9 Å². The SMILES string of the molecule is CCCCOc1ccc(S(=O)(=O)N2CCC(C(N)=O)CC2)cc1C(C)C. The Morgan fingerprint density at radius 1 is 1.31 bits per heavy atom. The fraction of sp³-hybridized carbons (Fsp3) is 0.632. The summed E-state index contributed by atoms with van der Waals surface area (Å²) in [5.74, 6) is 0.321. The molecule has 146 valence electrons. The standard InChI is InChI=1S/C19H30N2O4S/c1-4-5-12-25-18-7-6-16(13-17(18)14(2)3)26(23,24)21-10-8-15(9-11-21)19(20)22/h6-7,13-15H,4-5,8-12H2,1-3H3,(H2,20,22). The van der Waals surface area contributed by atoms with Crippen LogP contribution in [-0.2, 0) is 14.8 Å². The van der Waals surface area contributed by atoms with Gasteiger partial charge < -0.3 is 10.5 Å². The molecule has 0 spiro atoms. The number of unbranched alkanes of at least 4 members (excludes halogenated alkanes) is 1. The van der Waals surface area contributed by atoms with Gasteiger partial charge in [-0.1, -0.05) is 27.2 Å². The average Bonchev–Trinajstić information content (AvgIpc) is 2.62. The number of benzene rings is 1. The smallest absolute Gasteiger partial charge is 0.243 e. The van der Waals surface area contributed by atoms with E-state index in [0.29, 0.717) is 32.5 Å². The lowest BCUT2D eigenvalue weighted by Crippen LogP contribution is -2.41. The Kier molecular flexibility index (Phi) is 7.06. The monoisotopic (exact) mass is 382 g/mol. The second-order valence-corrected chi connectivity index (χ2v) is 9.08.